The molecule has 0 aliphatic heterocycles. The second-order valence-electron chi connectivity index (χ2n) is 6.19. The van der Waals surface area contributed by atoms with E-state index in [2.05, 4.69) is 18.8 Å². The average molecular weight is 276 g/mol. The van der Waals surface area contributed by atoms with E-state index < -0.39 is 0 Å². The van der Waals surface area contributed by atoms with Crippen molar-refractivity contribution in [2.24, 2.45) is 5.41 Å². The molecule has 2 aromatic rings. The van der Waals surface area contributed by atoms with Crippen molar-refractivity contribution in [2.75, 3.05) is 5.73 Å². The van der Waals surface area contributed by atoms with Gasteiger partial charge in [-0.3, -0.25) is 0 Å². The lowest BCUT2D eigenvalue weighted by Gasteiger charge is -2.33. The minimum atomic E-state index is 0.325. The highest BCUT2D eigenvalue weighted by molar-refractivity contribution is 7.20. The molecule has 19 heavy (non-hydrogen) atoms. The minimum absolute atomic E-state index is 0.325. The maximum atomic E-state index is 6.04. The van der Waals surface area contributed by atoms with E-state index in [1.165, 1.54) is 12.8 Å². The van der Waals surface area contributed by atoms with Gasteiger partial charge in [0.25, 0.3) is 5.19 Å². The summed E-state index contributed by atoms with van der Waals surface area (Å²) in [6.07, 6.45) is 5.05. The first kappa shape index (κ1) is 12.7. The number of nitrogens with two attached hydrogens (primary N) is 1. The summed E-state index contributed by atoms with van der Waals surface area (Å²) in [4.78, 5) is 4.53. The molecule has 0 amide bonds. The number of fused-ring (bicyclic) bond motifs is 1. The lowest BCUT2D eigenvalue weighted by Crippen LogP contribution is -2.28. The van der Waals surface area contributed by atoms with Crippen LogP contribution in [0.15, 0.2) is 18.2 Å². The average Bonchev–Trinajstić information content (AvgIpc) is 2.73. The van der Waals surface area contributed by atoms with E-state index in [9.17, 15) is 0 Å². The summed E-state index contributed by atoms with van der Waals surface area (Å²) in [6.45, 7) is 4.67. The van der Waals surface area contributed by atoms with Gasteiger partial charge in [0.05, 0.1) is 10.2 Å². The Morgan fingerprint density at radius 3 is 2.79 bits per heavy atom. The summed E-state index contributed by atoms with van der Waals surface area (Å²) in [6, 6.07) is 5.80. The van der Waals surface area contributed by atoms with Crippen LogP contribution in [0, 0.1) is 5.41 Å². The molecule has 0 spiro atoms. The number of benzene rings is 1. The lowest BCUT2D eigenvalue weighted by atomic mass is 9.76. The van der Waals surface area contributed by atoms with Gasteiger partial charge in [0.2, 0.25) is 0 Å². The fraction of sp³-hybridized carbons (Fsp3) is 0.533. The molecule has 2 N–H and O–H groups in total. The zero-order valence-corrected chi connectivity index (χ0v) is 12.3. The second kappa shape index (κ2) is 4.67. The molecule has 3 nitrogen and oxygen atoms in total. The topological polar surface area (TPSA) is 48.1 Å². The fourth-order valence-corrected chi connectivity index (χ4v) is 3.53. The van der Waals surface area contributed by atoms with E-state index in [1.807, 2.05) is 18.2 Å². The van der Waals surface area contributed by atoms with Gasteiger partial charge in [-0.1, -0.05) is 25.2 Å². The van der Waals surface area contributed by atoms with Crippen molar-refractivity contribution in [1.82, 2.24) is 4.98 Å². The first-order valence-electron chi connectivity index (χ1n) is 6.85. The predicted octanol–water partition coefficient (Wildman–Crippen LogP) is 4.23. The van der Waals surface area contributed by atoms with Crippen LogP contribution in [-0.4, -0.2) is 11.1 Å². The lowest BCUT2D eigenvalue weighted by molar-refractivity contribution is 0.0987. The highest BCUT2D eigenvalue weighted by atomic mass is 32.1. The third kappa shape index (κ3) is 2.84. The Bertz CT molecular complexity index is 581. The Labute approximate surface area is 117 Å². The van der Waals surface area contributed by atoms with Crippen molar-refractivity contribution in [1.29, 1.82) is 0 Å². The standard InChI is InChI=1S/C15H20N2OS/c1-15(2)7-5-11(6-8-15)18-14-17-12-4-3-10(16)9-13(12)19-14/h3-4,9,11H,5-8,16H2,1-2H3. The van der Waals surface area contributed by atoms with Crippen LogP contribution in [0.2, 0.25) is 0 Å². The second-order valence-corrected chi connectivity index (χ2v) is 7.18. The van der Waals surface area contributed by atoms with Crippen molar-refractivity contribution in [3.8, 4) is 5.19 Å². The Morgan fingerprint density at radius 2 is 2.05 bits per heavy atom. The van der Waals surface area contributed by atoms with Gasteiger partial charge in [-0.2, -0.15) is 0 Å². The quantitative estimate of drug-likeness (QED) is 0.835. The van der Waals surface area contributed by atoms with E-state index >= 15 is 0 Å². The number of hydrogen-bond donors (Lipinski definition) is 1. The van der Waals surface area contributed by atoms with E-state index in [-0.39, 0.29) is 0 Å². The van der Waals surface area contributed by atoms with Crippen molar-refractivity contribution in [2.45, 2.75) is 45.6 Å². The number of nitrogens with zero attached hydrogens (tertiary/aromatic N) is 1. The van der Waals surface area contributed by atoms with Crippen LogP contribution in [-0.2, 0) is 0 Å². The van der Waals surface area contributed by atoms with Gasteiger partial charge in [0, 0.05) is 5.69 Å². The smallest absolute Gasteiger partial charge is 0.274 e. The summed E-state index contributed by atoms with van der Waals surface area (Å²) in [5.74, 6) is 0. The number of nitrogen functional groups attached to an aromatic ring is 1. The number of rotatable bonds is 2. The SMILES string of the molecule is CC1(C)CCC(Oc2nc3ccc(N)cc3s2)CC1. The number of anilines is 1. The van der Waals surface area contributed by atoms with Gasteiger partial charge in [-0.25, -0.2) is 4.98 Å². The van der Waals surface area contributed by atoms with E-state index in [4.69, 9.17) is 10.5 Å². The summed E-state index contributed by atoms with van der Waals surface area (Å²) in [5, 5.41) is 0.783. The van der Waals surface area contributed by atoms with Gasteiger partial charge >= 0.3 is 0 Å². The van der Waals surface area contributed by atoms with Crippen LogP contribution in [0.5, 0.6) is 5.19 Å². The van der Waals surface area contributed by atoms with Crippen LogP contribution in [0.3, 0.4) is 0 Å². The molecule has 0 unspecified atom stereocenters. The predicted molar refractivity (Wildman–Crippen MR) is 80.7 cm³/mol. The van der Waals surface area contributed by atoms with Gasteiger partial charge in [0.15, 0.2) is 0 Å². The maximum Gasteiger partial charge on any atom is 0.274 e. The number of ether oxygens (including phenoxy) is 1. The highest BCUT2D eigenvalue weighted by Crippen LogP contribution is 2.38. The third-order valence-corrected chi connectivity index (χ3v) is 4.86. The Balaban J connectivity index is 1.72. The van der Waals surface area contributed by atoms with Crippen LogP contribution in [0.4, 0.5) is 5.69 Å². The Morgan fingerprint density at radius 1 is 1.32 bits per heavy atom. The molecule has 4 heteroatoms. The fourth-order valence-electron chi connectivity index (χ4n) is 2.60. The monoisotopic (exact) mass is 276 g/mol. The van der Waals surface area contributed by atoms with Crippen LogP contribution in [0.1, 0.15) is 39.5 Å². The summed E-state index contributed by atoms with van der Waals surface area (Å²) in [7, 11) is 0. The van der Waals surface area contributed by atoms with Crippen molar-refractivity contribution < 1.29 is 4.74 Å². The van der Waals surface area contributed by atoms with Gasteiger partial charge in [-0.05, 0) is 49.3 Å². The van der Waals surface area contributed by atoms with Gasteiger partial charge in [0.1, 0.15) is 6.10 Å². The summed E-state index contributed by atoms with van der Waals surface area (Å²) in [5.41, 5.74) is 8.02. The molecule has 1 aromatic carbocycles. The minimum Gasteiger partial charge on any atom is -0.467 e. The number of aromatic nitrogens is 1. The van der Waals surface area contributed by atoms with Crippen LogP contribution < -0.4 is 10.5 Å². The van der Waals surface area contributed by atoms with E-state index in [0.29, 0.717) is 11.5 Å². The normalized spacial score (nSPS) is 19.7. The first-order chi connectivity index (χ1) is 9.02. The molecule has 1 aliphatic carbocycles. The van der Waals surface area contributed by atoms with Crippen molar-refractivity contribution in [3.05, 3.63) is 18.2 Å². The van der Waals surface area contributed by atoms with E-state index in [0.717, 1.165) is 33.9 Å². The molecule has 1 aromatic heterocycles. The molecular formula is C15H20N2OS. The molecule has 0 bridgehead atoms. The molecule has 1 aliphatic rings. The zero-order chi connectivity index (χ0) is 13.5. The third-order valence-electron chi connectivity index (χ3n) is 3.95. The summed E-state index contributed by atoms with van der Waals surface area (Å²) >= 11 is 1.59. The Kier molecular flexibility index (Phi) is 3.13. The molecule has 0 saturated heterocycles. The summed E-state index contributed by atoms with van der Waals surface area (Å²) < 4.78 is 7.14. The van der Waals surface area contributed by atoms with Gasteiger partial charge in [-0.15, -0.1) is 0 Å². The Hall–Kier alpha value is -1.29. The largest absolute Gasteiger partial charge is 0.467 e. The maximum absolute atomic E-state index is 6.04. The van der Waals surface area contributed by atoms with Crippen molar-refractivity contribution >= 4 is 27.2 Å². The number of hydrogen-bond acceptors (Lipinski definition) is 4. The number of thiazole rings is 1. The van der Waals surface area contributed by atoms with E-state index in [1.54, 1.807) is 11.3 Å². The molecule has 1 heterocycles. The van der Waals surface area contributed by atoms with Crippen LogP contribution in [0.25, 0.3) is 10.2 Å². The first-order valence-corrected chi connectivity index (χ1v) is 7.66. The molecule has 1 fully saturated rings. The van der Waals surface area contributed by atoms with Gasteiger partial charge < -0.3 is 10.5 Å². The molecule has 102 valence electrons. The molecule has 1 saturated carbocycles. The van der Waals surface area contributed by atoms with Crippen molar-refractivity contribution in [3.63, 3.8) is 0 Å². The molecule has 0 atom stereocenters. The zero-order valence-electron chi connectivity index (χ0n) is 11.5. The highest BCUT2D eigenvalue weighted by Gasteiger charge is 2.28. The molecule has 3 rings (SSSR count). The molecule has 0 radical (unpaired) electrons. The van der Waals surface area contributed by atoms with Crippen LogP contribution >= 0.6 is 11.3 Å². The molecular weight excluding hydrogens is 256 g/mol.